The van der Waals surface area contributed by atoms with Gasteiger partial charge in [0.1, 0.15) is 5.82 Å². The van der Waals surface area contributed by atoms with Crippen molar-refractivity contribution in [3.8, 4) is 0 Å². The Hall–Kier alpha value is -1.10. The van der Waals surface area contributed by atoms with E-state index in [1.165, 1.54) is 0 Å². The summed E-state index contributed by atoms with van der Waals surface area (Å²) in [6, 6.07) is 1.96. The van der Waals surface area contributed by atoms with Crippen LogP contribution < -0.4 is 10.6 Å². The normalized spacial score (nSPS) is 9.93. The highest BCUT2D eigenvalue weighted by Crippen LogP contribution is 2.07. The molecule has 0 saturated heterocycles. The standard InChI is InChI=1S/C9H16N4S/c1-4-5-10-9(14)11-8-6-7(2)12-13(8)3/h6H,4-5H2,1-3H3,(H2,10,11,14). The minimum atomic E-state index is 0.648. The fourth-order valence-electron chi connectivity index (χ4n) is 1.13. The van der Waals surface area contributed by atoms with Gasteiger partial charge < -0.3 is 10.6 Å². The van der Waals surface area contributed by atoms with Gasteiger partial charge in [0, 0.05) is 19.7 Å². The summed E-state index contributed by atoms with van der Waals surface area (Å²) in [5.41, 5.74) is 0.980. The second-order valence-electron chi connectivity index (χ2n) is 3.18. The Morgan fingerprint density at radius 2 is 2.36 bits per heavy atom. The van der Waals surface area contributed by atoms with Crippen molar-refractivity contribution in [2.24, 2.45) is 7.05 Å². The first kappa shape index (κ1) is 11.0. The van der Waals surface area contributed by atoms with Crippen LogP contribution in [0.3, 0.4) is 0 Å². The van der Waals surface area contributed by atoms with E-state index in [1.807, 2.05) is 20.0 Å². The molecule has 1 heterocycles. The van der Waals surface area contributed by atoms with Gasteiger partial charge in [0.05, 0.1) is 5.69 Å². The molecule has 1 aromatic heterocycles. The van der Waals surface area contributed by atoms with Crippen molar-refractivity contribution in [1.29, 1.82) is 0 Å². The third-order valence-electron chi connectivity index (χ3n) is 1.78. The average Bonchev–Trinajstić information content (AvgIpc) is 2.42. The highest BCUT2D eigenvalue weighted by Gasteiger charge is 2.02. The number of nitrogens with zero attached hydrogens (tertiary/aromatic N) is 2. The van der Waals surface area contributed by atoms with Crippen LogP contribution >= 0.6 is 12.2 Å². The van der Waals surface area contributed by atoms with Crippen molar-refractivity contribution < 1.29 is 0 Å². The maximum atomic E-state index is 5.11. The summed E-state index contributed by atoms with van der Waals surface area (Å²) in [7, 11) is 1.89. The first-order valence-electron chi connectivity index (χ1n) is 4.69. The van der Waals surface area contributed by atoms with Crippen molar-refractivity contribution in [3.63, 3.8) is 0 Å². The molecule has 0 aromatic carbocycles. The molecule has 1 aromatic rings. The molecule has 2 N–H and O–H groups in total. The van der Waals surface area contributed by atoms with Crippen LogP contribution in [-0.2, 0) is 7.05 Å². The highest BCUT2D eigenvalue weighted by atomic mass is 32.1. The number of aromatic nitrogens is 2. The molecule has 0 spiro atoms. The zero-order valence-electron chi connectivity index (χ0n) is 8.79. The summed E-state index contributed by atoms with van der Waals surface area (Å²) in [6.07, 6.45) is 1.06. The molecule has 4 nitrogen and oxygen atoms in total. The summed E-state index contributed by atoms with van der Waals surface area (Å²) in [5.74, 6) is 0.913. The lowest BCUT2D eigenvalue weighted by atomic mass is 10.5. The number of hydrogen-bond acceptors (Lipinski definition) is 2. The molecule has 0 fully saturated rings. The molecular formula is C9H16N4S. The summed E-state index contributed by atoms with van der Waals surface area (Å²) < 4.78 is 1.77. The van der Waals surface area contributed by atoms with Crippen molar-refractivity contribution in [1.82, 2.24) is 15.1 Å². The van der Waals surface area contributed by atoms with Crippen molar-refractivity contribution in [2.45, 2.75) is 20.3 Å². The zero-order valence-corrected chi connectivity index (χ0v) is 9.61. The second-order valence-corrected chi connectivity index (χ2v) is 3.58. The number of thiocarbonyl (C=S) groups is 1. The Kier molecular flexibility index (Phi) is 3.88. The lowest BCUT2D eigenvalue weighted by Gasteiger charge is -2.08. The van der Waals surface area contributed by atoms with Crippen LogP contribution in [-0.4, -0.2) is 21.4 Å². The minimum absolute atomic E-state index is 0.648. The van der Waals surface area contributed by atoms with Crippen LogP contribution in [0.4, 0.5) is 5.82 Å². The summed E-state index contributed by atoms with van der Waals surface area (Å²) >= 11 is 5.11. The SMILES string of the molecule is CCCNC(=S)Nc1cc(C)nn1C. The van der Waals surface area contributed by atoms with Crippen LogP contribution in [0.2, 0.25) is 0 Å². The minimum Gasteiger partial charge on any atom is -0.362 e. The van der Waals surface area contributed by atoms with Crippen LogP contribution in [0.15, 0.2) is 6.07 Å². The van der Waals surface area contributed by atoms with E-state index >= 15 is 0 Å². The fourth-order valence-corrected chi connectivity index (χ4v) is 1.33. The first-order chi connectivity index (χ1) is 6.63. The molecular weight excluding hydrogens is 196 g/mol. The quantitative estimate of drug-likeness (QED) is 0.744. The van der Waals surface area contributed by atoms with Gasteiger partial charge in [0.15, 0.2) is 5.11 Å². The predicted molar refractivity (Wildman–Crippen MR) is 62.5 cm³/mol. The van der Waals surface area contributed by atoms with Crippen LogP contribution in [0.5, 0.6) is 0 Å². The van der Waals surface area contributed by atoms with Gasteiger partial charge in [-0.3, -0.25) is 4.68 Å². The largest absolute Gasteiger partial charge is 0.362 e. The Balaban J connectivity index is 2.51. The maximum absolute atomic E-state index is 5.11. The van der Waals surface area contributed by atoms with Crippen LogP contribution in [0.25, 0.3) is 0 Å². The number of rotatable bonds is 3. The molecule has 0 aliphatic rings. The molecule has 0 amide bonds. The van der Waals surface area contributed by atoms with E-state index in [4.69, 9.17) is 12.2 Å². The van der Waals surface area contributed by atoms with Gasteiger partial charge in [-0.05, 0) is 25.6 Å². The van der Waals surface area contributed by atoms with Gasteiger partial charge in [-0.15, -0.1) is 0 Å². The molecule has 0 bridgehead atoms. The van der Waals surface area contributed by atoms with Crippen molar-refractivity contribution in [3.05, 3.63) is 11.8 Å². The monoisotopic (exact) mass is 212 g/mol. The first-order valence-corrected chi connectivity index (χ1v) is 5.09. The highest BCUT2D eigenvalue weighted by molar-refractivity contribution is 7.80. The third kappa shape index (κ3) is 2.99. The molecule has 0 radical (unpaired) electrons. The third-order valence-corrected chi connectivity index (χ3v) is 2.03. The summed E-state index contributed by atoms with van der Waals surface area (Å²) in [4.78, 5) is 0. The molecule has 0 aliphatic heterocycles. The molecule has 1 rings (SSSR count). The number of anilines is 1. The molecule has 14 heavy (non-hydrogen) atoms. The molecule has 0 atom stereocenters. The molecule has 0 aliphatic carbocycles. The van der Waals surface area contributed by atoms with Gasteiger partial charge in [-0.1, -0.05) is 6.92 Å². The maximum Gasteiger partial charge on any atom is 0.171 e. The van der Waals surface area contributed by atoms with Crippen molar-refractivity contribution >= 4 is 23.1 Å². The molecule has 78 valence electrons. The molecule has 5 heteroatoms. The Morgan fingerprint density at radius 1 is 1.64 bits per heavy atom. The smallest absolute Gasteiger partial charge is 0.171 e. The van der Waals surface area contributed by atoms with E-state index in [0.29, 0.717) is 5.11 Å². The number of hydrogen-bond donors (Lipinski definition) is 2. The number of nitrogens with one attached hydrogen (secondary N) is 2. The van der Waals surface area contributed by atoms with Crippen LogP contribution in [0.1, 0.15) is 19.0 Å². The molecule has 0 unspecified atom stereocenters. The van der Waals surface area contributed by atoms with E-state index in [1.54, 1.807) is 4.68 Å². The van der Waals surface area contributed by atoms with Gasteiger partial charge in [0.2, 0.25) is 0 Å². The fraction of sp³-hybridized carbons (Fsp3) is 0.556. The summed E-state index contributed by atoms with van der Waals surface area (Å²) in [5, 5.41) is 11.0. The average molecular weight is 212 g/mol. The van der Waals surface area contributed by atoms with Crippen molar-refractivity contribution in [2.75, 3.05) is 11.9 Å². The Bertz CT molecular complexity index is 319. The summed E-state index contributed by atoms with van der Waals surface area (Å²) in [6.45, 7) is 4.94. The Labute approximate surface area is 89.7 Å². The lowest BCUT2D eigenvalue weighted by molar-refractivity contribution is 0.764. The van der Waals surface area contributed by atoms with E-state index in [9.17, 15) is 0 Å². The van der Waals surface area contributed by atoms with E-state index in [0.717, 1.165) is 24.5 Å². The van der Waals surface area contributed by atoms with Gasteiger partial charge in [-0.2, -0.15) is 5.10 Å². The van der Waals surface area contributed by atoms with Crippen LogP contribution in [0, 0.1) is 6.92 Å². The van der Waals surface area contributed by atoms with E-state index in [2.05, 4.69) is 22.7 Å². The van der Waals surface area contributed by atoms with E-state index in [-0.39, 0.29) is 0 Å². The van der Waals surface area contributed by atoms with Gasteiger partial charge in [-0.25, -0.2) is 0 Å². The topological polar surface area (TPSA) is 41.9 Å². The molecule has 0 saturated carbocycles. The van der Waals surface area contributed by atoms with E-state index < -0.39 is 0 Å². The Morgan fingerprint density at radius 3 is 2.86 bits per heavy atom. The number of aryl methyl sites for hydroxylation is 2. The second kappa shape index (κ2) is 4.95. The lowest BCUT2D eigenvalue weighted by Crippen LogP contribution is -2.29. The predicted octanol–water partition coefficient (Wildman–Crippen LogP) is 1.42. The van der Waals surface area contributed by atoms with Gasteiger partial charge in [0.25, 0.3) is 0 Å². The van der Waals surface area contributed by atoms with Gasteiger partial charge >= 0.3 is 0 Å². The zero-order chi connectivity index (χ0) is 10.6.